The second kappa shape index (κ2) is 5.25. The number of alkyl halides is 2. The molecule has 0 bridgehead atoms. The third-order valence-electron chi connectivity index (χ3n) is 2.99. The molecule has 0 saturated carbocycles. The fraction of sp³-hybridized carbons (Fsp3) is 0.500. The number of hydrogen-bond donors (Lipinski definition) is 2. The highest BCUT2D eigenvalue weighted by Gasteiger charge is 2.56. The Balaban J connectivity index is 3.18. The standard InChI is InChI=1S/C14H19F2NO2/c1-9(2)17-12(18)14(15,16)13(4,19)11-8-6-5-7-10(11)3/h5-9,19H,1-4H3,(H,17,18). The van der Waals surface area contributed by atoms with Gasteiger partial charge in [0.05, 0.1) is 0 Å². The van der Waals surface area contributed by atoms with E-state index < -0.39 is 23.5 Å². The summed E-state index contributed by atoms with van der Waals surface area (Å²) in [5.74, 6) is -5.39. The predicted octanol–water partition coefficient (Wildman–Crippen LogP) is 2.36. The van der Waals surface area contributed by atoms with E-state index in [2.05, 4.69) is 5.32 Å². The van der Waals surface area contributed by atoms with Crippen molar-refractivity contribution >= 4 is 5.91 Å². The van der Waals surface area contributed by atoms with E-state index in [0.717, 1.165) is 6.92 Å². The van der Waals surface area contributed by atoms with E-state index in [4.69, 9.17) is 0 Å². The number of halogens is 2. The van der Waals surface area contributed by atoms with Crippen molar-refractivity contribution in [1.29, 1.82) is 0 Å². The lowest BCUT2D eigenvalue weighted by Gasteiger charge is -2.33. The van der Waals surface area contributed by atoms with Gasteiger partial charge in [-0.05, 0) is 38.8 Å². The molecule has 1 atom stereocenters. The molecule has 5 heteroatoms. The summed E-state index contributed by atoms with van der Waals surface area (Å²) in [6.07, 6.45) is 0. The molecule has 0 radical (unpaired) electrons. The van der Waals surface area contributed by atoms with E-state index in [1.54, 1.807) is 39.0 Å². The van der Waals surface area contributed by atoms with Crippen molar-refractivity contribution in [3.05, 3.63) is 35.4 Å². The molecule has 106 valence electrons. The average molecular weight is 271 g/mol. The summed E-state index contributed by atoms with van der Waals surface area (Å²) in [6, 6.07) is 5.81. The van der Waals surface area contributed by atoms with E-state index in [-0.39, 0.29) is 5.56 Å². The molecule has 0 aromatic heterocycles. The number of rotatable bonds is 4. The van der Waals surface area contributed by atoms with Crippen molar-refractivity contribution < 1.29 is 18.7 Å². The lowest BCUT2D eigenvalue weighted by atomic mass is 9.86. The number of aryl methyl sites for hydroxylation is 1. The van der Waals surface area contributed by atoms with Gasteiger partial charge in [0, 0.05) is 6.04 Å². The first-order valence-corrected chi connectivity index (χ1v) is 6.08. The Bertz CT molecular complexity index is 470. The van der Waals surface area contributed by atoms with Gasteiger partial charge in [0.25, 0.3) is 5.91 Å². The van der Waals surface area contributed by atoms with Crippen molar-refractivity contribution in [2.24, 2.45) is 0 Å². The SMILES string of the molecule is Cc1ccccc1C(C)(O)C(F)(F)C(=O)NC(C)C. The van der Waals surface area contributed by atoms with Crippen molar-refractivity contribution in [3.63, 3.8) is 0 Å². The molecule has 0 saturated heterocycles. The molecular formula is C14H19F2NO2. The van der Waals surface area contributed by atoms with Gasteiger partial charge in [-0.3, -0.25) is 4.79 Å². The second-order valence-corrected chi connectivity index (χ2v) is 5.09. The molecule has 1 aromatic rings. The van der Waals surface area contributed by atoms with Gasteiger partial charge >= 0.3 is 5.92 Å². The molecule has 1 unspecified atom stereocenters. The Morgan fingerprint density at radius 1 is 1.32 bits per heavy atom. The molecule has 2 N–H and O–H groups in total. The van der Waals surface area contributed by atoms with Gasteiger partial charge in [0.15, 0.2) is 5.60 Å². The van der Waals surface area contributed by atoms with Gasteiger partial charge < -0.3 is 10.4 Å². The summed E-state index contributed by atoms with van der Waals surface area (Å²) in [5, 5.41) is 12.3. The number of carbonyl (C=O) groups is 1. The van der Waals surface area contributed by atoms with Crippen LogP contribution >= 0.6 is 0 Å². The summed E-state index contributed by atoms with van der Waals surface area (Å²) >= 11 is 0. The molecule has 0 heterocycles. The Hall–Kier alpha value is -1.49. The molecule has 1 amide bonds. The van der Waals surface area contributed by atoms with Crippen LogP contribution in [0, 0.1) is 6.92 Å². The van der Waals surface area contributed by atoms with Gasteiger partial charge in [-0.1, -0.05) is 24.3 Å². The molecule has 19 heavy (non-hydrogen) atoms. The highest BCUT2D eigenvalue weighted by molar-refractivity contribution is 5.85. The minimum Gasteiger partial charge on any atom is -0.378 e. The largest absolute Gasteiger partial charge is 0.378 e. The van der Waals surface area contributed by atoms with Gasteiger partial charge in [0.2, 0.25) is 0 Å². The molecular weight excluding hydrogens is 252 g/mol. The molecule has 1 rings (SSSR count). The quantitative estimate of drug-likeness (QED) is 0.883. The lowest BCUT2D eigenvalue weighted by molar-refractivity contribution is -0.191. The minimum absolute atomic E-state index is 0.0407. The van der Waals surface area contributed by atoms with Crippen molar-refractivity contribution in [2.75, 3.05) is 0 Å². The first kappa shape index (κ1) is 15.6. The summed E-state index contributed by atoms with van der Waals surface area (Å²) < 4.78 is 28.3. The van der Waals surface area contributed by atoms with E-state index in [9.17, 15) is 18.7 Å². The number of aliphatic hydroxyl groups is 1. The average Bonchev–Trinajstić information content (AvgIpc) is 2.28. The van der Waals surface area contributed by atoms with Gasteiger partial charge in [-0.25, -0.2) is 0 Å². The Kier molecular flexibility index (Phi) is 4.30. The molecule has 0 fully saturated rings. The van der Waals surface area contributed by atoms with Crippen LogP contribution in [0.25, 0.3) is 0 Å². The smallest absolute Gasteiger partial charge is 0.356 e. The van der Waals surface area contributed by atoms with Crippen LogP contribution in [-0.2, 0) is 10.4 Å². The molecule has 3 nitrogen and oxygen atoms in total. The maximum Gasteiger partial charge on any atom is 0.356 e. The maximum atomic E-state index is 14.2. The summed E-state index contributed by atoms with van der Waals surface area (Å²) in [7, 11) is 0. The van der Waals surface area contributed by atoms with Crippen LogP contribution in [0.1, 0.15) is 31.9 Å². The number of carbonyl (C=O) groups excluding carboxylic acids is 1. The van der Waals surface area contributed by atoms with Crippen molar-refractivity contribution in [2.45, 2.75) is 45.3 Å². The minimum atomic E-state index is -3.91. The molecule has 0 spiro atoms. The van der Waals surface area contributed by atoms with Crippen LogP contribution in [0.15, 0.2) is 24.3 Å². The van der Waals surface area contributed by atoms with Crippen molar-refractivity contribution in [3.8, 4) is 0 Å². The monoisotopic (exact) mass is 271 g/mol. The van der Waals surface area contributed by atoms with E-state index in [1.807, 2.05) is 0 Å². The number of benzene rings is 1. The van der Waals surface area contributed by atoms with Crippen LogP contribution in [0.3, 0.4) is 0 Å². The molecule has 0 aliphatic carbocycles. The van der Waals surface area contributed by atoms with Gasteiger partial charge in [-0.2, -0.15) is 8.78 Å². The molecule has 0 aliphatic rings. The number of amides is 1. The van der Waals surface area contributed by atoms with E-state index >= 15 is 0 Å². The first-order valence-electron chi connectivity index (χ1n) is 6.08. The van der Waals surface area contributed by atoms with Crippen LogP contribution in [0.2, 0.25) is 0 Å². The van der Waals surface area contributed by atoms with Crippen LogP contribution in [-0.4, -0.2) is 23.0 Å². The Morgan fingerprint density at radius 3 is 2.32 bits per heavy atom. The summed E-state index contributed by atoms with van der Waals surface area (Å²) in [5.41, 5.74) is -2.01. The first-order chi connectivity index (χ1) is 8.60. The Morgan fingerprint density at radius 2 is 1.84 bits per heavy atom. The molecule has 1 aromatic carbocycles. The van der Waals surface area contributed by atoms with Crippen LogP contribution in [0.4, 0.5) is 8.78 Å². The second-order valence-electron chi connectivity index (χ2n) is 5.09. The predicted molar refractivity (Wildman–Crippen MR) is 69.0 cm³/mol. The Labute approximate surface area is 111 Å². The zero-order valence-corrected chi connectivity index (χ0v) is 11.5. The van der Waals surface area contributed by atoms with E-state index in [1.165, 1.54) is 6.07 Å². The fourth-order valence-electron chi connectivity index (χ4n) is 1.86. The maximum absolute atomic E-state index is 14.2. The van der Waals surface area contributed by atoms with Crippen LogP contribution < -0.4 is 5.32 Å². The number of nitrogens with one attached hydrogen (secondary N) is 1. The van der Waals surface area contributed by atoms with E-state index in [0.29, 0.717) is 5.56 Å². The van der Waals surface area contributed by atoms with Gasteiger partial charge in [-0.15, -0.1) is 0 Å². The normalized spacial score (nSPS) is 15.2. The highest BCUT2D eigenvalue weighted by atomic mass is 19.3. The molecule has 0 aliphatic heterocycles. The third kappa shape index (κ3) is 2.92. The lowest BCUT2D eigenvalue weighted by Crippen LogP contribution is -2.55. The third-order valence-corrected chi connectivity index (χ3v) is 2.99. The summed E-state index contributed by atoms with van der Waals surface area (Å²) in [4.78, 5) is 11.6. The zero-order chi connectivity index (χ0) is 14.8. The fourth-order valence-corrected chi connectivity index (χ4v) is 1.86. The number of hydrogen-bond acceptors (Lipinski definition) is 2. The summed E-state index contributed by atoms with van der Waals surface area (Å²) in [6.45, 7) is 5.72. The topological polar surface area (TPSA) is 49.3 Å². The van der Waals surface area contributed by atoms with Crippen LogP contribution in [0.5, 0.6) is 0 Å². The van der Waals surface area contributed by atoms with Gasteiger partial charge in [0.1, 0.15) is 0 Å². The van der Waals surface area contributed by atoms with Crippen molar-refractivity contribution in [1.82, 2.24) is 5.32 Å². The highest BCUT2D eigenvalue weighted by Crippen LogP contribution is 2.39. The zero-order valence-electron chi connectivity index (χ0n) is 11.5.